The Morgan fingerprint density at radius 3 is 2.69 bits per heavy atom. The van der Waals surface area contributed by atoms with Crippen LogP contribution in [0.3, 0.4) is 0 Å². The molecule has 1 aromatic heterocycles. The molecule has 0 aromatic carbocycles. The molecule has 0 unspecified atom stereocenters. The number of aliphatic hydroxyl groups excluding tert-OH is 1. The van der Waals surface area contributed by atoms with Gasteiger partial charge in [-0.25, -0.2) is 13.4 Å². The van der Waals surface area contributed by atoms with Crippen molar-refractivity contribution < 1.29 is 13.5 Å². The van der Waals surface area contributed by atoms with E-state index in [0.717, 1.165) is 0 Å². The summed E-state index contributed by atoms with van der Waals surface area (Å²) in [5.74, 6) is 0.0176. The van der Waals surface area contributed by atoms with Crippen LogP contribution in [0.15, 0.2) is 23.4 Å². The topological polar surface area (TPSA) is 67.3 Å². The van der Waals surface area contributed by atoms with E-state index in [9.17, 15) is 8.42 Å². The number of hydrogen-bond donors (Lipinski definition) is 1. The zero-order chi connectivity index (χ0) is 12.0. The first-order chi connectivity index (χ1) is 7.58. The SMILES string of the molecule is O=S(=O)(CCCCCO)c1ncccc1Cl. The van der Waals surface area contributed by atoms with Crippen LogP contribution in [0.1, 0.15) is 19.3 Å². The average molecular weight is 264 g/mol. The van der Waals surface area contributed by atoms with Gasteiger partial charge in [0.2, 0.25) is 0 Å². The first kappa shape index (κ1) is 13.4. The minimum Gasteiger partial charge on any atom is -0.396 e. The molecule has 0 radical (unpaired) electrons. The molecule has 6 heteroatoms. The van der Waals surface area contributed by atoms with Gasteiger partial charge in [0, 0.05) is 12.8 Å². The van der Waals surface area contributed by atoms with Crippen LogP contribution in [-0.2, 0) is 9.84 Å². The van der Waals surface area contributed by atoms with Crippen molar-refractivity contribution in [2.75, 3.05) is 12.4 Å². The summed E-state index contributed by atoms with van der Waals surface area (Å²) in [7, 11) is -3.40. The van der Waals surface area contributed by atoms with Gasteiger partial charge in [0.05, 0.1) is 10.8 Å². The first-order valence-corrected chi connectivity index (χ1v) is 7.05. The van der Waals surface area contributed by atoms with E-state index in [1.807, 2.05) is 0 Å². The smallest absolute Gasteiger partial charge is 0.197 e. The Bertz CT molecular complexity index is 433. The summed E-state index contributed by atoms with van der Waals surface area (Å²) >= 11 is 5.77. The van der Waals surface area contributed by atoms with Gasteiger partial charge in [-0.15, -0.1) is 0 Å². The lowest BCUT2D eigenvalue weighted by atomic mass is 10.3. The van der Waals surface area contributed by atoms with Crippen LogP contribution in [0.2, 0.25) is 5.02 Å². The minimum absolute atomic E-state index is 0.0176. The number of aromatic nitrogens is 1. The minimum atomic E-state index is -3.40. The standard InChI is InChI=1S/C10H14ClNO3S/c11-9-5-4-6-12-10(9)16(14,15)8-3-1-2-7-13/h4-6,13H,1-3,7-8H2. The van der Waals surface area contributed by atoms with E-state index < -0.39 is 9.84 Å². The Morgan fingerprint density at radius 1 is 1.31 bits per heavy atom. The lowest BCUT2D eigenvalue weighted by Gasteiger charge is -2.04. The lowest BCUT2D eigenvalue weighted by molar-refractivity contribution is 0.284. The summed E-state index contributed by atoms with van der Waals surface area (Å²) in [5, 5.41) is 8.68. The molecule has 0 amide bonds. The first-order valence-electron chi connectivity index (χ1n) is 5.02. The molecule has 0 atom stereocenters. The highest BCUT2D eigenvalue weighted by Gasteiger charge is 2.18. The van der Waals surface area contributed by atoms with Gasteiger partial charge in [0.15, 0.2) is 14.9 Å². The predicted molar refractivity (Wildman–Crippen MR) is 62.2 cm³/mol. The van der Waals surface area contributed by atoms with Gasteiger partial charge >= 0.3 is 0 Å². The van der Waals surface area contributed by atoms with E-state index in [1.165, 1.54) is 12.3 Å². The predicted octanol–water partition coefficient (Wildman–Crippen LogP) is 1.67. The van der Waals surface area contributed by atoms with E-state index in [-0.39, 0.29) is 22.4 Å². The molecule has 0 saturated heterocycles. The fourth-order valence-corrected chi connectivity index (χ4v) is 3.12. The molecule has 0 fully saturated rings. The Kier molecular flexibility index (Phi) is 5.18. The van der Waals surface area contributed by atoms with Gasteiger partial charge in [-0.2, -0.15) is 0 Å². The molecular weight excluding hydrogens is 250 g/mol. The van der Waals surface area contributed by atoms with Crippen LogP contribution in [0, 0.1) is 0 Å². The van der Waals surface area contributed by atoms with Crippen molar-refractivity contribution in [1.29, 1.82) is 0 Å². The number of hydrogen-bond acceptors (Lipinski definition) is 4. The maximum atomic E-state index is 11.8. The quantitative estimate of drug-likeness (QED) is 0.793. The number of unbranched alkanes of at least 4 members (excludes halogenated alkanes) is 2. The van der Waals surface area contributed by atoms with Crippen LogP contribution in [0.5, 0.6) is 0 Å². The zero-order valence-electron chi connectivity index (χ0n) is 8.76. The Morgan fingerprint density at radius 2 is 2.06 bits per heavy atom. The summed E-state index contributed by atoms with van der Waals surface area (Å²) < 4.78 is 23.6. The van der Waals surface area contributed by atoms with E-state index >= 15 is 0 Å². The van der Waals surface area contributed by atoms with Crippen molar-refractivity contribution in [2.24, 2.45) is 0 Å². The number of sulfone groups is 1. The van der Waals surface area contributed by atoms with Crippen LogP contribution in [-0.4, -0.2) is 30.9 Å². The molecule has 1 aromatic rings. The molecule has 0 aliphatic heterocycles. The van der Waals surface area contributed by atoms with Crippen molar-refractivity contribution >= 4 is 21.4 Å². The van der Waals surface area contributed by atoms with Crippen molar-refractivity contribution in [3.05, 3.63) is 23.4 Å². The third-order valence-electron chi connectivity index (χ3n) is 2.09. The molecule has 1 heterocycles. The Hall–Kier alpha value is -0.650. The number of rotatable bonds is 6. The van der Waals surface area contributed by atoms with Gasteiger partial charge in [-0.3, -0.25) is 0 Å². The van der Waals surface area contributed by atoms with E-state index in [4.69, 9.17) is 16.7 Å². The number of nitrogens with zero attached hydrogens (tertiary/aromatic N) is 1. The van der Waals surface area contributed by atoms with Crippen LogP contribution in [0.4, 0.5) is 0 Å². The third kappa shape index (κ3) is 3.73. The van der Waals surface area contributed by atoms with Crippen molar-refractivity contribution in [3.63, 3.8) is 0 Å². The molecule has 0 saturated carbocycles. The third-order valence-corrected chi connectivity index (χ3v) is 4.25. The van der Waals surface area contributed by atoms with Crippen molar-refractivity contribution in [2.45, 2.75) is 24.3 Å². The summed E-state index contributed by atoms with van der Waals surface area (Å²) in [6.45, 7) is 0.0877. The van der Waals surface area contributed by atoms with Crippen LogP contribution < -0.4 is 0 Å². The summed E-state index contributed by atoms with van der Waals surface area (Å²) in [4.78, 5) is 3.78. The molecule has 90 valence electrons. The van der Waals surface area contributed by atoms with Crippen LogP contribution in [0.25, 0.3) is 0 Å². The molecule has 0 aliphatic carbocycles. The number of halogens is 1. The maximum absolute atomic E-state index is 11.8. The summed E-state index contributed by atoms with van der Waals surface area (Å²) in [6.07, 6.45) is 3.22. The molecular formula is C10H14ClNO3S. The molecule has 1 rings (SSSR count). The monoisotopic (exact) mass is 263 g/mol. The second-order valence-electron chi connectivity index (χ2n) is 3.39. The van der Waals surface area contributed by atoms with E-state index in [2.05, 4.69) is 4.98 Å². The molecule has 4 nitrogen and oxygen atoms in total. The fraction of sp³-hybridized carbons (Fsp3) is 0.500. The van der Waals surface area contributed by atoms with Crippen molar-refractivity contribution in [1.82, 2.24) is 4.98 Å². The fourth-order valence-electron chi connectivity index (χ4n) is 1.28. The second kappa shape index (κ2) is 6.18. The van der Waals surface area contributed by atoms with Crippen molar-refractivity contribution in [3.8, 4) is 0 Å². The Balaban J connectivity index is 2.68. The number of pyridine rings is 1. The average Bonchev–Trinajstić information content (AvgIpc) is 2.25. The number of aliphatic hydroxyl groups is 1. The highest BCUT2D eigenvalue weighted by Crippen LogP contribution is 2.19. The van der Waals surface area contributed by atoms with Gasteiger partial charge in [0.25, 0.3) is 0 Å². The van der Waals surface area contributed by atoms with Gasteiger partial charge in [-0.05, 0) is 25.0 Å². The lowest BCUT2D eigenvalue weighted by Crippen LogP contribution is -2.09. The molecule has 0 bridgehead atoms. The zero-order valence-corrected chi connectivity index (χ0v) is 10.3. The van der Waals surface area contributed by atoms with Gasteiger partial charge in [0.1, 0.15) is 0 Å². The molecule has 0 aliphatic rings. The summed E-state index contributed by atoms with van der Waals surface area (Å²) in [5.41, 5.74) is 0. The Labute approximate surface area is 100 Å². The highest BCUT2D eigenvalue weighted by molar-refractivity contribution is 7.91. The second-order valence-corrected chi connectivity index (χ2v) is 5.83. The van der Waals surface area contributed by atoms with Gasteiger partial charge < -0.3 is 5.11 Å². The largest absolute Gasteiger partial charge is 0.396 e. The maximum Gasteiger partial charge on any atom is 0.197 e. The van der Waals surface area contributed by atoms with Gasteiger partial charge in [-0.1, -0.05) is 18.0 Å². The molecule has 0 spiro atoms. The summed E-state index contributed by atoms with van der Waals surface area (Å²) in [6, 6.07) is 3.10. The van der Waals surface area contributed by atoms with E-state index in [1.54, 1.807) is 6.07 Å². The molecule has 1 N–H and O–H groups in total. The van der Waals surface area contributed by atoms with Crippen LogP contribution >= 0.6 is 11.6 Å². The van der Waals surface area contributed by atoms with E-state index in [0.29, 0.717) is 19.3 Å². The normalized spacial score (nSPS) is 11.6. The highest BCUT2D eigenvalue weighted by atomic mass is 35.5. The molecule has 16 heavy (non-hydrogen) atoms.